The molecule has 0 aliphatic carbocycles. The molecule has 28 heavy (non-hydrogen) atoms. The molecule has 7 heteroatoms. The molecule has 4 rings (SSSR count). The summed E-state index contributed by atoms with van der Waals surface area (Å²) in [5.74, 6) is 0.969. The number of anilines is 1. The molecule has 2 aliphatic heterocycles. The van der Waals surface area contributed by atoms with E-state index in [4.69, 9.17) is 9.47 Å². The van der Waals surface area contributed by atoms with Gasteiger partial charge in [0.05, 0.1) is 19.8 Å². The fourth-order valence-electron chi connectivity index (χ4n) is 3.60. The van der Waals surface area contributed by atoms with Crippen LogP contribution in [0.3, 0.4) is 0 Å². The topological polar surface area (TPSA) is 62.8 Å². The summed E-state index contributed by atoms with van der Waals surface area (Å²) in [6.45, 7) is 3.65. The van der Waals surface area contributed by atoms with Gasteiger partial charge in [-0.25, -0.2) is 4.39 Å². The molecule has 0 spiro atoms. The van der Waals surface area contributed by atoms with E-state index in [1.807, 2.05) is 18.2 Å². The summed E-state index contributed by atoms with van der Waals surface area (Å²) in [6.07, 6.45) is 0.834. The van der Waals surface area contributed by atoms with Crippen LogP contribution in [0.5, 0.6) is 11.5 Å². The molecule has 2 aromatic rings. The van der Waals surface area contributed by atoms with Crippen LogP contribution < -0.4 is 20.1 Å². The monoisotopic (exact) mass is 385 g/mol. The molecule has 6 nitrogen and oxygen atoms in total. The minimum Gasteiger partial charge on any atom is -0.490 e. The lowest BCUT2D eigenvalue weighted by molar-refractivity contribution is -0.118. The Hall–Kier alpha value is -2.64. The molecule has 0 saturated carbocycles. The van der Waals surface area contributed by atoms with E-state index in [-0.39, 0.29) is 24.3 Å². The van der Waals surface area contributed by atoms with E-state index in [1.165, 1.54) is 12.1 Å². The highest BCUT2D eigenvalue weighted by Gasteiger charge is 2.26. The average molecular weight is 385 g/mol. The third-order valence-corrected chi connectivity index (χ3v) is 4.97. The maximum atomic E-state index is 13.6. The molecule has 148 valence electrons. The Morgan fingerprint density at radius 2 is 2.04 bits per heavy atom. The van der Waals surface area contributed by atoms with Gasteiger partial charge in [-0.1, -0.05) is 12.1 Å². The van der Waals surface area contributed by atoms with Gasteiger partial charge in [0.2, 0.25) is 5.91 Å². The van der Waals surface area contributed by atoms with E-state index >= 15 is 0 Å². The van der Waals surface area contributed by atoms with Crippen molar-refractivity contribution in [2.45, 2.75) is 12.5 Å². The smallest absolute Gasteiger partial charge is 0.238 e. The molecule has 0 aromatic heterocycles. The Labute approximate surface area is 163 Å². The van der Waals surface area contributed by atoms with Gasteiger partial charge in [-0.2, -0.15) is 0 Å². The third-order valence-electron chi connectivity index (χ3n) is 4.97. The van der Waals surface area contributed by atoms with Gasteiger partial charge < -0.3 is 20.1 Å². The Morgan fingerprint density at radius 3 is 2.89 bits per heavy atom. The van der Waals surface area contributed by atoms with Gasteiger partial charge >= 0.3 is 0 Å². The second-order valence-corrected chi connectivity index (χ2v) is 7.01. The molecule has 2 aromatic carbocycles. The summed E-state index contributed by atoms with van der Waals surface area (Å²) in [4.78, 5) is 14.7. The lowest BCUT2D eigenvalue weighted by atomic mass is 10.0. The molecule has 1 amide bonds. The number of halogens is 1. The average Bonchev–Trinajstić information content (AvgIpc) is 2.93. The second-order valence-electron chi connectivity index (χ2n) is 7.01. The number of carbonyl (C=O) groups is 1. The number of amides is 1. The fraction of sp³-hybridized carbons (Fsp3) is 0.381. The Morgan fingerprint density at radius 1 is 1.18 bits per heavy atom. The maximum absolute atomic E-state index is 13.6. The van der Waals surface area contributed by atoms with Crippen LogP contribution in [-0.2, 0) is 4.79 Å². The van der Waals surface area contributed by atoms with Gasteiger partial charge in [-0.3, -0.25) is 9.69 Å². The van der Waals surface area contributed by atoms with E-state index in [0.29, 0.717) is 36.9 Å². The molecule has 2 heterocycles. The van der Waals surface area contributed by atoms with E-state index in [0.717, 1.165) is 25.1 Å². The predicted molar refractivity (Wildman–Crippen MR) is 104 cm³/mol. The van der Waals surface area contributed by atoms with Crippen LogP contribution in [0.15, 0.2) is 42.5 Å². The molecule has 0 radical (unpaired) electrons. The summed E-state index contributed by atoms with van der Waals surface area (Å²) in [7, 11) is 0. The van der Waals surface area contributed by atoms with Crippen molar-refractivity contribution in [1.29, 1.82) is 0 Å². The van der Waals surface area contributed by atoms with E-state index in [2.05, 4.69) is 15.5 Å². The van der Waals surface area contributed by atoms with Crippen molar-refractivity contribution in [3.63, 3.8) is 0 Å². The normalized spacial score (nSPS) is 19.7. The number of hydrogen-bond donors (Lipinski definition) is 2. The molecular formula is C21H24FN3O3. The van der Waals surface area contributed by atoms with Crippen LogP contribution in [-0.4, -0.2) is 50.2 Å². The number of hydrogen-bond acceptors (Lipinski definition) is 5. The second kappa shape index (κ2) is 8.58. The summed E-state index contributed by atoms with van der Waals surface area (Å²) in [6, 6.07) is 11.9. The van der Waals surface area contributed by atoms with Crippen LogP contribution >= 0.6 is 0 Å². The minimum absolute atomic E-state index is 0.0426. The lowest BCUT2D eigenvalue weighted by Gasteiger charge is -2.36. The Kier molecular flexibility index (Phi) is 5.73. The van der Waals surface area contributed by atoms with Gasteiger partial charge in [0.25, 0.3) is 0 Å². The highest BCUT2D eigenvalue weighted by molar-refractivity contribution is 5.92. The standard InChI is InChI=1S/C21H24FN3O3/c22-16-4-1-3-15(11-16)18-13-23-7-8-25(18)14-21(26)24-17-5-6-19-20(12-17)28-10-2-9-27-19/h1,3-6,11-12,18,23H,2,7-10,13-14H2,(H,24,26). The zero-order valence-corrected chi connectivity index (χ0v) is 15.6. The van der Waals surface area contributed by atoms with Crippen LogP contribution in [0.25, 0.3) is 0 Å². The first-order valence-corrected chi connectivity index (χ1v) is 9.59. The van der Waals surface area contributed by atoms with Gasteiger partial charge in [0, 0.05) is 43.9 Å². The Balaban J connectivity index is 1.43. The van der Waals surface area contributed by atoms with Gasteiger partial charge in [0.15, 0.2) is 11.5 Å². The molecule has 2 aliphatic rings. The predicted octanol–water partition coefficient (Wildman–Crippen LogP) is 2.57. The summed E-state index contributed by atoms with van der Waals surface area (Å²) in [5.41, 5.74) is 1.54. The van der Waals surface area contributed by atoms with Crippen molar-refractivity contribution in [2.24, 2.45) is 0 Å². The number of fused-ring (bicyclic) bond motifs is 1. The summed E-state index contributed by atoms with van der Waals surface area (Å²) >= 11 is 0. The van der Waals surface area contributed by atoms with Crippen molar-refractivity contribution in [3.05, 3.63) is 53.8 Å². The van der Waals surface area contributed by atoms with Crippen molar-refractivity contribution < 1.29 is 18.7 Å². The largest absolute Gasteiger partial charge is 0.490 e. The number of nitrogens with one attached hydrogen (secondary N) is 2. The fourth-order valence-corrected chi connectivity index (χ4v) is 3.60. The molecular weight excluding hydrogens is 361 g/mol. The minimum atomic E-state index is -0.264. The number of benzene rings is 2. The number of piperazine rings is 1. The molecule has 1 fully saturated rings. The van der Waals surface area contributed by atoms with Crippen molar-refractivity contribution in [2.75, 3.05) is 44.7 Å². The lowest BCUT2D eigenvalue weighted by Crippen LogP contribution is -2.48. The van der Waals surface area contributed by atoms with E-state index in [1.54, 1.807) is 12.1 Å². The highest BCUT2D eigenvalue weighted by Crippen LogP contribution is 2.32. The summed E-state index contributed by atoms with van der Waals surface area (Å²) < 4.78 is 24.9. The quantitative estimate of drug-likeness (QED) is 0.847. The first kappa shape index (κ1) is 18.7. The van der Waals surface area contributed by atoms with E-state index in [9.17, 15) is 9.18 Å². The zero-order chi connectivity index (χ0) is 19.3. The van der Waals surface area contributed by atoms with Crippen molar-refractivity contribution >= 4 is 11.6 Å². The van der Waals surface area contributed by atoms with Crippen LogP contribution in [0.1, 0.15) is 18.0 Å². The van der Waals surface area contributed by atoms with Crippen molar-refractivity contribution in [3.8, 4) is 11.5 Å². The van der Waals surface area contributed by atoms with Crippen LogP contribution in [0.4, 0.5) is 10.1 Å². The maximum Gasteiger partial charge on any atom is 0.238 e. The SMILES string of the molecule is O=C(CN1CCNCC1c1cccc(F)c1)Nc1ccc2c(c1)OCCCO2. The summed E-state index contributed by atoms with van der Waals surface area (Å²) in [5, 5.41) is 6.25. The number of rotatable bonds is 4. The molecule has 1 saturated heterocycles. The third kappa shape index (κ3) is 4.43. The molecule has 0 bridgehead atoms. The van der Waals surface area contributed by atoms with E-state index < -0.39 is 0 Å². The zero-order valence-electron chi connectivity index (χ0n) is 15.6. The molecule has 1 unspecified atom stereocenters. The van der Waals surface area contributed by atoms with Crippen LogP contribution in [0.2, 0.25) is 0 Å². The highest BCUT2D eigenvalue weighted by atomic mass is 19.1. The number of carbonyl (C=O) groups excluding carboxylic acids is 1. The van der Waals surface area contributed by atoms with Crippen LogP contribution in [0, 0.1) is 5.82 Å². The molecule has 2 N–H and O–H groups in total. The van der Waals surface area contributed by atoms with Gasteiger partial charge in [-0.15, -0.1) is 0 Å². The molecule has 1 atom stereocenters. The Bertz CT molecular complexity index is 845. The van der Waals surface area contributed by atoms with Gasteiger partial charge in [0.1, 0.15) is 5.82 Å². The first-order valence-electron chi connectivity index (χ1n) is 9.59. The number of ether oxygens (including phenoxy) is 2. The van der Waals surface area contributed by atoms with Gasteiger partial charge in [-0.05, 0) is 29.8 Å². The number of nitrogens with zero attached hydrogens (tertiary/aromatic N) is 1. The first-order chi connectivity index (χ1) is 13.7. The van der Waals surface area contributed by atoms with Crippen molar-refractivity contribution in [1.82, 2.24) is 10.2 Å².